The molecule has 96 valence electrons. The van der Waals surface area contributed by atoms with E-state index < -0.39 is 0 Å². The third-order valence-electron chi connectivity index (χ3n) is 2.96. The molecule has 2 heterocycles. The van der Waals surface area contributed by atoms with Crippen molar-refractivity contribution in [3.63, 3.8) is 0 Å². The van der Waals surface area contributed by atoms with Crippen LogP contribution >= 0.6 is 0 Å². The van der Waals surface area contributed by atoms with Gasteiger partial charge in [0.25, 0.3) is 0 Å². The highest BCUT2D eigenvalue weighted by Crippen LogP contribution is 2.15. The van der Waals surface area contributed by atoms with Gasteiger partial charge in [0.05, 0.1) is 24.1 Å². The molecule has 0 saturated carbocycles. The van der Waals surface area contributed by atoms with Gasteiger partial charge in [-0.2, -0.15) is 5.10 Å². The number of para-hydroxylation sites is 1. The Morgan fingerprint density at radius 2 is 2.05 bits per heavy atom. The van der Waals surface area contributed by atoms with E-state index in [1.807, 2.05) is 54.3 Å². The van der Waals surface area contributed by atoms with Gasteiger partial charge in [-0.05, 0) is 18.2 Å². The molecule has 0 atom stereocenters. The van der Waals surface area contributed by atoms with E-state index >= 15 is 0 Å². The first-order chi connectivity index (χ1) is 9.33. The number of nitrogens with zero attached hydrogens (tertiary/aromatic N) is 3. The van der Waals surface area contributed by atoms with Crippen molar-refractivity contribution < 1.29 is 0 Å². The quantitative estimate of drug-likeness (QED) is 0.750. The lowest BCUT2D eigenvalue weighted by atomic mass is 10.3. The first kappa shape index (κ1) is 11.5. The number of aromatic nitrogens is 4. The largest absolute Gasteiger partial charge is 0.378 e. The standard InChI is InChI=1S/C14H15N5/c1-19-13(7-8-17-19)12-9-16-14(18-12)10-15-11-5-3-2-4-6-11/h2-9,15H,10H2,1H3,(H,16,18). The molecule has 3 aromatic rings. The van der Waals surface area contributed by atoms with E-state index in [-0.39, 0.29) is 0 Å². The number of imidazole rings is 1. The second-order valence-electron chi connectivity index (χ2n) is 4.30. The molecule has 0 fully saturated rings. The molecule has 0 saturated heterocycles. The zero-order valence-electron chi connectivity index (χ0n) is 10.7. The number of rotatable bonds is 4. The third kappa shape index (κ3) is 2.49. The van der Waals surface area contributed by atoms with Crippen molar-refractivity contribution >= 4 is 5.69 Å². The van der Waals surface area contributed by atoms with E-state index in [2.05, 4.69) is 20.4 Å². The molecule has 0 aliphatic rings. The summed E-state index contributed by atoms with van der Waals surface area (Å²) in [6.07, 6.45) is 3.61. The van der Waals surface area contributed by atoms with Crippen LogP contribution in [-0.2, 0) is 13.6 Å². The monoisotopic (exact) mass is 253 g/mol. The lowest BCUT2D eigenvalue weighted by Crippen LogP contribution is -2.01. The second kappa shape index (κ2) is 4.97. The Hall–Kier alpha value is -2.56. The summed E-state index contributed by atoms with van der Waals surface area (Å²) in [7, 11) is 1.91. The minimum Gasteiger partial charge on any atom is -0.378 e. The number of hydrogen-bond acceptors (Lipinski definition) is 3. The summed E-state index contributed by atoms with van der Waals surface area (Å²) < 4.78 is 1.82. The number of aryl methyl sites for hydroxylation is 1. The predicted octanol–water partition coefficient (Wildman–Crippen LogP) is 2.42. The second-order valence-corrected chi connectivity index (χ2v) is 4.30. The molecular weight excluding hydrogens is 238 g/mol. The zero-order chi connectivity index (χ0) is 13.1. The summed E-state index contributed by atoms with van der Waals surface area (Å²) in [6.45, 7) is 0.669. The lowest BCUT2D eigenvalue weighted by molar-refractivity contribution is 0.773. The molecule has 0 bridgehead atoms. The molecule has 5 nitrogen and oxygen atoms in total. The molecule has 0 aliphatic heterocycles. The molecule has 1 aromatic carbocycles. The van der Waals surface area contributed by atoms with Gasteiger partial charge in [-0.3, -0.25) is 4.68 Å². The normalized spacial score (nSPS) is 10.6. The number of aromatic amines is 1. The van der Waals surface area contributed by atoms with Gasteiger partial charge < -0.3 is 10.3 Å². The Balaban J connectivity index is 1.71. The molecule has 0 radical (unpaired) electrons. The van der Waals surface area contributed by atoms with Gasteiger partial charge in [0, 0.05) is 18.9 Å². The predicted molar refractivity (Wildman–Crippen MR) is 74.6 cm³/mol. The molecule has 0 unspecified atom stereocenters. The zero-order valence-corrected chi connectivity index (χ0v) is 10.7. The number of nitrogens with one attached hydrogen (secondary N) is 2. The van der Waals surface area contributed by atoms with Crippen LogP contribution < -0.4 is 5.32 Å². The van der Waals surface area contributed by atoms with Crippen molar-refractivity contribution in [2.24, 2.45) is 7.05 Å². The van der Waals surface area contributed by atoms with Crippen LogP contribution in [0.5, 0.6) is 0 Å². The van der Waals surface area contributed by atoms with Crippen LogP contribution in [0.1, 0.15) is 5.82 Å². The average molecular weight is 253 g/mol. The van der Waals surface area contributed by atoms with Crippen LogP contribution in [0.2, 0.25) is 0 Å². The highest BCUT2D eigenvalue weighted by Gasteiger charge is 2.06. The van der Waals surface area contributed by atoms with E-state index in [9.17, 15) is 0 Å². The van der Waals surface area contributed by atoms with Crippen molar-refractivity contribution in [2.75, 3.05) is 5.32 Å². The van der Waals surface area contributed by atoms with Gasteiger partial charge in [-0.15, -0.1) is 0 Å². The Morgan fingerprint density at radius 1 is 1.21 bits per heavy atom. The van der Waals surface area contributed by atoms with Crippen molar-refractivity contribution in [3.8, 4) is 11.4 Å². The Kier molecular flexibility index (Phi) is 3.02. The SMILES string of the molecule is Cn1nccc1-c1cnc(CNc2ccccc2)[nH]1. The Bertz CT molecular complexity index is 653. The maximum Gasteiger partial charge on any atom is 0.125 e. The fourth-order valence-corrected chi connectivity index (χ4v) is 1.96. The van der Waals surface area contributed by atoms with Gasteiger partial charge in [-0.25, -0.2) is 4.98 Å². The van der Waals surface area contributed by atoms with Gasteiger partial charge in [0.1, 0.15) is 5.82 Å². The highest BCUT2D eigenvalue weighted by molar-refractivity contribution is 5.53. The first-order valence-corrected chi connectivity index (χ1v) is 6.14. The summed E-state index contributed by atoms with van der Waals surface area (Å²) in [5, 5.41) is 7.47. The fraction of sp³-hybridized carbons (Fsp3) is 0.143. The highest BCUT2D eigenvalue weighted by atomic mass is 15.3. The van der Waals surface area contributed by atoms with Gasteiger partial charge in [0.15, 0.2) is 0 Å². The number of benzene rings is 1. The van der Waals surface area contributed by atoms with Crippen molar-refractivity contribution in [2.45, 2.75) is 6.54 Å². The van der Waals surface area contributed by atoms with E-state index in [0.717, 1.165) is 22.9 Å². The summed E-state index contributed by atoms with van der Waals surface area (Å²) in [5.41, 5.74) is 3.09. The first-order valence-electron chi connectivity index (χ1n) is 6.14. The Morgan fingerprint density at radius 3 is 2.79 bits per heavy atom. The lowest BCUT2D eigenvalue weighted by Gasteiger charge is -2.03. The molecule has 2 N–H and O–H groups in total. The summed E-state index contributed by atoms with van der Waals surface area (Å²) >= 11 is 0. The van der Waals surface area contributed by atoms with Crippen molar-refractivity contribution in [1.82, 2.24) is 19.7 Å². The van der Waals surface area contributed by atoms with Crippen LogP contribution in [-0.4, -0.2) is 19.7 Å². The van der Waals surface area contributed by atoms with Crippen LogP contribution in [0.3, 0.4) is 0 Å². The summed E-state index contributed by atoms with van der Waals surface area (Å²) in [4.78, 5) is 7.66. The minimum atomic E-state index is 0.669. The van der Waals surface area contributed by atoms with Gasteiger partial charge in [-0.1, -0.05) is 18.2 Å². The summed E-state index contributed by atoms with van der Waals surface area (Å²) in [5.74, 6) is 0.903. The maximum absolute atomic E-state index is 4.37. The average Bonchev–Trinajstić information content (AvgIpc) is 3.06. The topological polar surface area (TPSA) is 58.5 Å². The fourth-order valence-electron chi connectivity index (χ4n) is 1.96. The molecule has 0 amide bonds. The van der Waals surface area contributed by atoms with E-state index in [1.54, 1.807) is 6.20 Å². The van der Waals surface area contributed by atoms with Crippen LogP contribution in [0, 0.1) is 0 Å². The number of anilines is 1. The molecular formula is C14H15N5. The molecule has 0 aliphatic carbocycles. The minimum absolute atomic E-state index is 0.669. The van der Waals surface area contributed by atoms with Crippen LogP contribution in [0.25, 0.3) is 11.4 Å². The molecule has 5 heteroatoms. The van der Waals surface area contributed by atoms with Crippen molar-refractivity contribution in [3.05, 3.63) is 54.6 Å². The van der Waals surface area contributed by atoms with Gasteiger partial charge >= 0.3 is 0 Å². The van der Waals surface area contributed by atoms with E-state index in [1.165, 1.54) is 0 Å². The molecule has 0 spiro atoms. The molecule has 2 aromatic heterocycles. The number of H-pyrrole nitrogens is 1. The van der Waals surface area contributed by atoms with Gasteiger partial charge in [0.2, 0.25) is 0 Å². The number of hydrogen-bond donors (Lipinski definition) is 2. The molecule has 3 rings (SSSR count). The van der Waals surface area contributed by atoms with Crippen molar-refractivity contribution in [1.29, 1.82) is 0 Å². The maximum atomic E-state index is 4.37. The Labute approximate surface area is 111 Å². The molecule has 19 heavy (non-hydrogen) atoms. The van der Waals surface area contributed by atoms with Crippen LogP contribution in [0.4, 0.5) is 5.69 Å². The van der Waals surface area contributed by atoms with Crippen LogP contribution in [0.15, 0.2) is 48.8 Å². The third-order valence-corrected chi connectivity index (χ3v) is 2.96. The van der Waals surface area contributed by atoms with E-state index in [4.69, 9.17) is 0 Å². The van der Waals surface area contributed by atoms with E-state index in [0.29, 0.717) is 6.54 Å². The smallest absolute Gasteiger partial charge is 0.125 e. The summed E-state index contributed by atoms with van der Waals surface area (Å²) in [6, 6.07) is 12.0.